The minimum atomic E-state index is -0.713. The molecule has 48 heavy (non-hydrogen) atoms. The van der Waals surface area contributed by atoms with Gasteiger partial charge in [0.15, 0.2) is 0 Å². The van der Waals surface area contributed by atoms with Gasteiger partial charge in [-0.05, 0) is 37.0 Å². The Morgan fingerprint density at radius 1 is 0.958 bits per heavy atom. The lowest BCUT2D eigenvalue weighted by Gasteiger charge is -2.41. The van der Waals surface area contributed by atoms with Crippen LogP contribution in [0.25, 0.3) is 22.4 Å². The summed E-state index contributed by atoms with van der Waals surface area (Å²) >= 11 is 13.9. The van der Waals surface area contributed by atoms with Crippen molar-refractivity contribution in [2.24, 2.45) is 14.1 Å². The highest BCUT2D eigenvalue weighted by Gasteiger charge is 2.40. The molecule has 0 radical (unpaired) electrons. The number of aromatic nitrogens is 3. The number of carbonyl (C=O) groups excluding carboxylic acids is 2. The molecular weight excluding hydrogens is 655 g/mol. The van der Waals surface area contributed by atoms with Crippen molar-refractivity contribution in [1.82, 2.24) is 23.9 Å². The number of fused-ring (bicyclic) bond motifs is 2. The van der Waals surface area contributed by atoms with Gasteiger partial charge in [0.05, 0.1) is 28.5 Å². The lowest BCUT2D eigenvalue weighted by molar-refractivity contribution is -0.131. The molecule has 7 rings (SSSR count). The van der Waals surface area contributed by atoms with E-state index in [-0.39, 0.29) is 34.3 Å². The normalized spacial score (nSPS) is 18.9. The molecule has 2 fully saturated rings. The van der Waals surface area contributed by atoms with Crippen molar-refractivity contribution < 1.29 is 14.3 Å². The first-order valence-corrected chi connectivity index (χ1v) is 16.6. The zero-order valence-electron chi connectivity index (χ0n) is 26.8. The highest BCUT2D eigenvalue weighted by molar-refractivity contribution is 6.39. The fraction of sp³-hybridized carbons (Fsp3) is 0.343. The Labute approximate surface area is 286 Å². The molecule has 2 atom stereocenters. The summed E-state index contributed by atoms with van der Waals surface area (Å²) in [6.07, 6.45) is 4.57. The maximum absolute atomic E-state index is 13.1. The molecule has 4 heterocycles. The average Bonchev–Trinajstić information content (AvgIpc) is 3.69. The number of piperazine rings is 1. The second-order valence-corrected chi connectivity index (χ2v) is 13.3. The molecule has 3 aliphatic rings. The van der Waals surface area contributed by atoms with Crippen LogP contribution < -0.4 is 21.3 Å². The van der Waals surface area contributed by atoms with Crippen LogP contribution in [0, 0.1) is 0 Å². The largest absolute Gasteiger partial charge is 0.481 e. The number of ether oxygens (including phenoxy) is 1. The van der Waals surface area contributed by atoms with Crippen molar-refractivity contribution in [2.75, 3.05) is 32.1 Å². The van der Waals surface area contributed by atoms with E-state index in [4.69, 9.17) is 32.9 Å². The van der Waals surface area contributed by atoms with Crippen molar-refractivity contribution in [1.29, 1.82) is 0 Å². The summed E-state index contributed by atoms with van der Waals surface area (Å²) in [4.78, 5) is 59.6. The van der Waals surface area contributed by atoms with Gasteiger partial charge in [-0.15, -0.1) is 0 Å². The van der Waals surface area contributed by atoms with Gasteiger partial charge in [-0.25, -0.2) is 9.78 Å². The number of anilines is 1. The summed E-state index contributed by atoms with van der Waals surface area (Å²) in [6, 6.07) is 13.3. The maximum Gasteiger partial charge on any atom is 0.330 e. The van der Waals surface area contributed by atoms with E-state index >= 15 is 0 Å². The molecule has 0 bridgehead atoms. The van der Waals surface area contributed by atoms with Gasteiger partial charge in [-0.1, -0.05) is 53.5 Å². The number of nitrogens with one attached hydrogen (secondary N) is 1. The van der Waals surface area contributed by atoms with Crippen LogP contribution in [0.15, 0.2) is 58.3 Å². The third-order valence-corrected chi connectivity index (χ3v) is 10.6. The van der Waals surface area contributed by atoms with Gasteiger partial charge >= 0.3 is 5.69 Å². The Balaban J connectivity index is 1.19. The molecule has 0 saturated carbocycles. The molecule has 2 aromatic heterocycles. The van der Waals surface area contributed by atoms with Crippen LogP contribution in [-0.2, 0) is 25.3 Å². The molecule has 11 nitrogen and oxygen atoms in total. The Kier molecular flexibility index (Phi) is 8.39. The molecular formula is C35H34Cl2N6O5. The van der Waals surface area contributed by atoms with E-state index < -0.39 is 17.2 Å². The molecule has 13 heteroatoms. The lowest BCUT2D eigenvalue weighted by atomic mass is 9.99. The number of benzene rings is 2. The van der Waals surface area contributed by atoms with Crippen molar-refractivity contribution in [3.8, 4) is 28.3 Å². The minimum Gasteiger partial charge on any atom is -0.481 e. The van der Waals surface area contributed by atoms with Crippen LogP contribution in [0.4, 0.5) is 5.69 Å². The Morgan fingerprint density at radius 3 is 2.46 bits per heavy atom. The number of amides is 2. The number of nitrogens with zero attached hydrogens (tertiary/aromatic N) is 5. The molecule has 1 aliphatic carbocycles. The third-order valence-electron chi connectivity index (χ3n) is 9.79. The molecule has 2 aromatic carbocycles. The summed E-state index contributed by atoms with van der Waals surface area (Å²) in [6.45, 7) is 2.44. The first kappa shape index (κ1) is 32.1. The molecule has 2 saturated heterocycles. The fourth-order valence-electron chi connectivity index (χ4n) is 7.34. The van der Waals surface area contributed by atoms with Crippen molar-refractivity contribution >= 4 is 40.7 Å². The third kappa shape index (κ3) is 5.39. The van der Waals surface area contributed by atoms with Crippen molar-refractivity contribution in [3.05, 3.63) is 96.2 Å². The molecule has 2 aliphatic heterocycles. The fourth-order valence-corrected chi connectivity index (χ4v) is 7.94. The SMILES string of the molecule is COc1nc(-c2cccc(-c3cccc(NC(=O)c4cn(C)c(=O)n(C)c4=O)c3Cl)c2Cl)cc2c1C(N1CCN3C(=O)CC[C@H]3C1)CC2. The summed E-state index contributed by atoms with van der Waals surface area (Å²) in [5.41, 5.74) is 3.69. The summed E-state index contributed by atoms with van der Waals surface area (Å²) < 4.78 is 7.93. The van der Waals surface area contributed by atoms with Crippen LogP contribution in [0.1, 0.15) is 46.8 Å². The molecule has 4 aromatic rings. The summed E-state index contributed by atoms with van der Waals surface area (Å²) in [5, 5.41) is 3.38. The maximum atomic E-state index is 13.1. The highest BCUT2D eigenvalue weighted by atomic mass is 35.5. The first-order chi connectivity index (χ1) is 23.1. The Bertz CT molecular complexity index is 2110. The zero-order valence-corrected chi connectivity index (χ0v) is 28.3. The van der Waals surface area contributed by atoms with Crippen molar-refractivity contribution in [3.63, 3.8) is 0 Å². The van der Waals surface area contributed by atoms with E-state index in [0.29, 0.717) is 39.7 Å². The van der Waals surface area contributed by atoms with E-state index in [1.165, 1.54) is 30.4 Å². The van der Waals surface area contributed by atoms with Crippen LogP contribution in [0.3, 0.4) is 0 Å². The van der Waals surface area contributed by atoms with E-state index in [0.717, 1.165) is 49.0 Å². The van der Waals surface area contributed by atoms with E-state index in [1.54, 1.807) is 25.3 Å². The summed E-state index contributed by atoms with van der Waals surface area (Å²) in [5.74, 6) is 0.140. The monoisotopic (exact) mass is 688 g/mol. The quantitative estimate of drug-likeness (QED) is 0.313. The number of carbonyl (C=O) groups is 2. The van der Waals surface area contributed by atoms with E-state index in [1.807, 2.05) is 23.1 Å². The second kappa shape index (κ2) is 12.5. The molecule has 2 amide bonds. The Hall–Kier alpha value is -4.45. The average molecular weight is 690 g/mol. The molecule has 1 unspecified atom stereocenters. The van der Waals surface area contributed by atoms with Crippen LogP contribution in [0.5, 0.6) is 5.88 Å². The topological polar surface area (TPSA) is 119 Å². The van der Waals surface area contributed by atoms with Gasteiger partial charge < -0.3 is 19.5 Å². The van der Waals surface area contributed by atoms with Crippen molar-refractivity contribution in [2.45, 2.75) is 37.8 Å². The second-order valence-electron chi connectivity index (χ2n) is 12.5. The van der Waals surface area contributed by atoms with Gasteiger partial charge in [0.2, 0.25) is 11.8 Å². The number of rotatable bonds is 6. The van der Waals surface area contributed by atoms with Gasteiger partial charge in [0, 0.05) is 80.7 Å². The number of aryl methyl sites for hydroxylation is 2. The molecule has 1 N–H and O–H groups in total. The predicted octanol–water partition coefficient (Wildman–Crippen LogP) is 4.67. The van der Waals surface area contributed by atoms with Gasteiger partial charge in [-0.3, -0.25) is 23.9 Å². The standard InChI is InChI=1S/C35H34Cl2N6O5/c1-40-18-24(34(46)41(2)35(40)47)32(45)38-25-9-5-7-22(31(25)37)21-6-4-8-23(30(21)36)26-16-19-10-12-27(29(19)33(39-26)48-3)42-14-15-43-20(17-42)11-13-28(43)44/h4-9,16,18,20,27H,10-15,17H2,1-3H3,(H,38,45)/t20-,27?/m0/s1. The Morgan fingerprint density at radius 2 is 1.69 bits per heavy atom. The first-order valence-electron chi connectivity index (χ1n) is 15.8. The molecule has 248 valence electrons. The number of pyridine rings is 1. The number of halogens is 2. The van der Waals surface area contributed by atoms with Gasteiger partial charge in [-0.2, -0.15) is 0 Å². The highest BCUT2D eigenvalue weighted by Crippen LogP contribution is 2.46. The van der Waals surface area contributed by atoms with E-state index in [2.05, 4.69) is 16.3 Å². The zero-order chi connectivity index (χ0) is 33.9. The predicted molar refractivity (Wildman–Crippen MR) is 184 cm³/mol. The van der Waals surface area contributed by atoms with Gasteiger partial charge in [0.1, 0.15) is 5.56 Å². The van der Waals surface area contributed by atoms with Gasteiger partial charge in [0.25, 0.3) is 11.5 Å². The van der Waals surface area contributed by atoms with Crippen LogP contribution in [-0.4, -0.2) is 68.5 Å². The number of hydrogen-bond donors (Lipinski definition) is 1. The van der Waals surface area contributed by atoms with Crippen LogP contribution >= 0.6 is 23.2 Å². The smallest absolute Gasteiger partial charge is 0.330 e. The van der Waals surface area contributed by atoms with E-state index in [9.17, 15) is 19.2 Å². The molecule has 0 spiro atoms. The number of methoxy groups -OCH3 is 1. The lowest BCUT2D eigenvalue weighted by Crippen LogP contribution is -2.52. The number of hydrogen-bond acceptors (Lipinski definition) is 7. The minimum absolute atomic E-state index is 0.175. The van der Waals surface area contributed by atoms with Crippen LogP contribution in [0.2, 0.25) is 10.0 Å². The summed E-state index contributed by atoms with van der Waals surface area (Å²) in [7, 11) is 4.42.